The fourth-order valence-corrected chi connectivity index (χ4v) is 2.89. The lowest BCUT2D eigenvalue weighted by atomic mass is 10.1. The smallest absolute Gasteiger partial charge is 0.258 e. The van der Waals surface area contributed by atoms with E-state index in [9.17, 15) is 9.18 Å². The predicted octanol–water partition coefficient (Wildman–Crippen LogP) is 4.13. The molecule has 0 bridgehead atoms. The Morgan fingerprint density at radius 1 is 1.15 bits per heavy atom. The fraction of sp³-hybridized carbons (Fsp3) is 0.350. The second kappa shape index (κ2) is 10.3. The first-order valence-corrected chi connectivity index (χ1v) is 9.46. The van der Waals surface area contributed by atoms with E-state index in [1.807, 2.05) is 18.2 Å². The Morgan fingerprint density at radius 3 is 2.50 bits per heavy atom. The predicted molar refractivity (Wildman–Crippen MR) is 105 cm³/mol. The summed E-state index contributed by atoms with van der Waals surface area (Å²) in [5.41, 5.74) is 2.26. The van der Waals surface area contributed by atoms with E-state index in [1.54, 1.807) is 6.07 Å². The van der Waals surface area contributed by atoms with Crippen molar-refractivity contribution in [2.24, 2.45) is 0 Å². The van der Waals surface area contributed by atoms with Crippen LogP contribution in [0.1, 0.15) is 25.0 Å². The zero-order valence-corrected chi connectivity index (χ0v) is 16.7. The summed E-state index contributed by atoms with van der Waals surface area (Å²) >= 11 is 3.18. The maximum atomic E-state index is 13.7. The topological polar surface area (TPSA) is 41.6 Å². The average molecular weight is 423 g/mol. The van der Waals surface area contributed by atoms with Crippen molar-refractivity contribution in [3.05, 3.63) is 63.9 Å². The normalized spacial score (nSPS) is 10.8. The molecule has 1 amide bonds. The first-order chi connectivity index (χ1) is 12.5. The lowest BCUT2D eigenvalue weighted by Gasteiger charge is -2.20. The standard InChI is InChI=1S/C20H24BrFN2O2/c1-3-24(4-2)13-16-8-6-5-7-15(16)12-23-20(25)14-26-19-10-9-17(21)11-18(19)22/h5-11H,3-4,12-14H2,1-2H3,(H,23,25). The Bertz CT molecular complexity index is 736. The van der Waals surface area contributed by atoms with Crippen molar-refractivity contribution >= 4 is 21.8 Å². The highest BCUT2D eigenvalue weighted by Crippen LogP contribution is 2.21. The summed E-state index contributed by atoms with van der Waals surface area (Å²) in [5.74, 6) is -0.730. The maximum Gasteiger partial charge on any atom is 0.258 e. The number of halogens is 2. The molecule has 0 aliphatic heterocycles. The molecule has 0 saturated carbocycles. The molecule has 26 heavy (non-hydrogen) atoms. The van der Waals surface area contributed by atoms with Gasteiger partial charge in [0.25, 0.3) is 5.91 Å². The van der Waals surface area contributed by atoms with Crippen LogP contribution in [0, 0.1) is 5.82 Å². The van der Waals surface area contributed by atoms with Crippen LogP contribution in [-0.2, 0) is 17.9 Å². The molecule has 0 aromatic heterocycles. The van der Waals surface area contributed by atoms with Crippen LogP contribution in [0.4, 0.5) is 4.39 Å². The lowest BCUT2D eigenvalue weighted by molar-refractivity contribution is -0.123. The molecule has 2 rings (SSSR count). The van der Waals surface area contributed by atoms with E-state index in [2.05, 4.69) is 46.1 Å². The zero-order valence-electron chi connectivity index (χ0n) is 15.1. The highest BCUT2D eigenvalue weighted by Gasteiger charge is 2.10. The fourth-order valence-electron chi connectivity index (χ4n) is 2.55. The Labute approximate surface area is 162 Å². The molecule has 0 aliphatic carbocycles. The molecule has 0 spiro atoms. The summed E-state index contributed by atoms with van der Waals surface area (Å²) in [6.45, 7) is 7.26. The number of carbonyl (C=O) groups excluding carboxylic acids is 1. The number of hydrogen-bond acceptors (Lipinski definition) is 3. The van der Waals surface area contributed by atoms with Crippen molar-refractivity contribution in [3.8, 4) is 5.75 Å². The Kier molecular flexibility index (Phi) is 8.06. The van der Waals surface area contributed by atoms with Gasteiger partial charge in [-0.2, -0.15) is 0 Å². The van der Waals surface area contributed by atoms with Gasteiger partial charge < -0.3 is 10.1 Å². The Hall–Kier alpha value is -1.92. The molecule has 6 heteroatoms. The summed E-state index contributed by atoms with van der Waals surface area (Å²) in [5, 5.41) is 2.84. The van der Waals surface area contributed by atoms with Crippen LogP contribution in [0.15, 0.2) is 46.9 Å². The van der Waals surface area contributed by atoms with E-state index in [-0.39, 0.29) is 18.3 Å². The molecular weight excluding hydrogens is 399 g/mol. The van der Waals surface area contributed by atoms with Crippen molar-refractivity contribution in [1.82, 2.24) is 10.2 Å². The maximum absolute atomic E-state index is 13.7. The van der Waals surface area contributed by atoms with Crippen LogP contribution in [-0.4, -0.2) is 30.5 Å². The van der Waals surface area contributed by atoms with Gasteiger partial charge in [0, 0.05) is 17.6 Å². The first kappa shape index (κ1) is 20.4. The highest BCUT2D eigenvalue weighted by atomic mass is 79.9. The van der Waals surface area contributed by atoms with Crippen LogP contribution >= 0.6 is 15.9 Å². The monoisotopic (exact) mass is 422 g/mol. The molecule has 2 aromatic carbocycles. The van der Waals surface area contributed by atoms with E-state index in [4.69, 9.17) is 4.74 Å². The van der Waals surface area contributed by atoms with Gasteiger partial charge in [0.15, 0.2) is 18.2 Å². The minimum Gasteiger partial charge on any atom is -0.481 e. The molecule has 0 aliphatic rings. The zero-order chi connectivity index (χ0) is 18.9. The van der Waals surface area contributed by atoms with Crippen molar-refractivity contribution in [2.75, 3.05) is 19.7 Å². The van der Waals surface area contributed by atoms with Gasteiger partial charge in [0.05, 0.1) is 0 Å². The number of amides is 1. The summed E-state index contributed by atoms with van der Waals surface area (Å²) in [4.78, 5) is 14.4. The van der Waals surface area contributed by atoms with E-state index in [0.29, 0.717) is 11.0 Å². The number of carbonyl (C=O) groups is 1. The molecule has 0 unspecified atom stereocenters. The molecule has 4 nitrogen and oxygen atoms in total. The molecule has 0 heterocycles. The SMILES string of the molecule is CCN(CC)Cc1ccccc1CNC(=O)COc1ccc(Br)cc1F. The van der Waals surface area contributed by atoms with Crippen LogP contribution < -0.4 is 10.1 Å². The van der Waals surface area contributed by atoms with Crippen LogP contribution in [0.5, 0.6) is 5.75 Å². The first-order valence-electron chi connectivity index (χ1n) is 8.67. The van der Waals surface area contributed by atoms with Crippen LogP contribution in [0.25, 0.3) is 0 Å². The van der Waals surface area contributed by atoms with E-state index in [0.717, 1.165) is 25.2 Å². The van der Waals surface area contributed by atoms with Gasteiger partial charge in [0.1, 0.15) is 0 Å². The van der Waals surface area contributed by atoms with E-state index >= 15 is 0 Å². The molecular formula is C20H24BrFN2O2. The summed E-state index contributed by atoms with van der Waals surface area (Å²) < 4.78 is 19.6. The summed E-state index contributed by atoms with van der Waals surface area (Å²) in [6, 6.07) is 12.5. The highest BCUT2D eigenvalue weighted by molar-refractivity contribution is 9.10. The van der Waals surface area contributed by atoms with Crippen molar-refractivity contribution in [2.45, 2.75) is 26.9 Å². The van der Waals surface area contributed by atoms with Crippen LogP contribution in [0.3, 0.4) is 0 Å². The minimum absolute atomic E-state index is 0.0604. The third-order valence-electron chi connectivity index (χ3n) is 4.14. The molecule has 0 fully saturated rings. The Balaban J connectivity index is 1.89. The third-order valence-corrected chi connectivity index (χ3v) is 4.63. The molecule has 140 valence electrons. The van der Waals surface area contributed by atoms with Gasteiger partial charge >= 0.3 is 0 Å². The second-order valence-electron chi connectivity index (χ2n) is 5.87. The number of benzene rings is 2. The van der Waals surface area contributed by atoms with Crippen molar-refractivity contribution in [1.29, 1.82) is 0 Å². The molecule has 0 radical (unpaired) electrons. The second-order valence-corrected chi connectivity index (χ2v) is 6.79. The number of nitrogens with one attached hydrogen (secondary N) is 1. The quantitative estimate of drug-likeness (QED) is 0.660. The van der Waals surface area contributed by atoms with Gasteiger partial charge in [-0.15, -0.1) is 0 Å². The molecule has 1 N–H and O–H groups in total. The van der Waals surface area contributed by atoms with Crippen LogP contribution in [0.2, 0.25) is 0 Å². The van der Waals surface area contributed by atoms with Crippen molar-refractivity contribution < 1.29 is 13.9 Å². The van der Waals surface area contributed by atoms with E-state index in [1.165, 1.54) is 17.7 Å². The number of hydrogen-bond donors (Lipinski definition) is 1. The van der Waals surface area contributed by atoms with Gasteiger partial charge in [-0.05, 0) is 42.4 Å². The van der Waals surface area contributed by atoms with E-state index < -0.39 is 5.82 Å². The molecule has 0 atom stereocenters. The lowest BCUT2D eigenvalue weighted by Crippen LogP contribution is -2.29. The minimum atomic E-state index is -0.503. The number of ether oxygens (including phenoxy) is 1. The summed E-state index contributed by atoms with van der Waals surface area (Å²) in [7, 11) is 0. The Morgan fingerprint density at radius 2 is 1.85 bits per heavy atom. The van der Waals surface area contributed by atoms with Gasteiger partial charge in [-0.1, -0.05) is 54.0 Å². The number of nitrogens with zero attached hydrogens (tertiary/aromatic N) is 1. The molecule has 2 aromatic rings. The van der Waals surface area contributed by atoms with Gasteiger partial charge in [0.2, 0.25) is 0 Å². The van der Waals surface area contributed by atoms with Crippen molar-refractivity contribution in [3.63, 3.8) is 0 Å². The summed E-state index contributed by atoms with van der Waals surface area (Å²) in [6.07, 6.45) is 0. The average Bonchev–Trinajstić information content (AvgIpc) is 2.64. The molecule has 0 saturated heterocycles. The third kappa shape index (κ3) is 6.11. The van der Waals surface area contributed by atoms with Gasteiger partial charge in [-0.25, -0.2) is 4.39 Å². The largest absolute Gasteiger partial charge is 0.481 e. The number of rotatable bonds is 9. The van der Waals surface area contributed by atoms with Gasteiger partial charge in [-0.3, -0.25) is 9.69 Å².